The molecule has 0 spiro atoms. The van der Waals surface area contributed by atoms with E-state index in [9.17, 15) is 9.59 Å². The van der Waals surface area contributed by atoms with Gasteiger partial charge < -0.3 is 14.4 Å². The highest BCUT2D eigenvalue weighted by molar-refractivity contribution is 5.93. The summed E-state index contributed by atoms with van der Waals surface area (Å²) in [6.45, 7) is 2.09. The largest absolute Gasteiger partial charge is 0.497 e. The molecule has 0 aliphatic carbocycles. The summed E-state index contributed by atoms with van der Waals surface area (Å²) < 4.78 is 12.0. The second-order valence-corrected chi connectivity index (χ2v) is 6.45. The molecule has 1 aliphatic heterocycles. The van der Waals surface area contributed by atoms with Crippen LogP contribution in [0.25, 0.3) is 11.2 Å². The number of morpholine rings is 1. The van der Waals surface area contributed by atoms with Crippen LogP contribution in [-0.4, -0.2) is 58.8 Å². The van der Waals surface area contributed by atoms with Crippen LogP contribution in [0.3, 0.4) is 0 Å². The molecule has 1 amide bonds. The molecule has 3 aromatic rings. The van der Waals surface area contributed by atoms with Crippen molar-refractivity contribution in [2.45, 2.75) is 6.54 Å². The molecule has 0 bridgehead atoms. The topological polar surface area (TPSA) is 86.5 Å². The summed E-state index contributed by atoms with van der Waals surface area (Å²) >= 11 is 0. The number of rotatable bonds is 4. The van der Waals surface area contributed by atoms with Crippen LogP contribution in [0.5, 0.6) is 5.75 Å². The normalized spacial score (nSPS) is 14.2. The number of hydrogen-bond acceptors (Lipinski definition) is 6. The molecular weight excluding hydrogens is 360 g/mol. The number of nitrogens with zero attached hydrogens (tertiary/aromatic N) is 4. The van der Waals surface area contributed by atoms with Gasteiger partial charge in [-0.15, -0.1) is 0 Å². The Morgan fingerprint density at radius 2 is 1.93 bits per heavy atom. The highest BCUT2D eigenvalue weighted by atomic mass is 16.5. The van der Waals surface area contributed by atoms with Crippen molar-refractivity contribution in [3.63, 3.8) is 0 Å². The Morgan fingerprint density at radius 3 is 2.64 bits per heavy atom. The minimum absolute atomic E-state index is 0.0871. The maximum Gasteiger partial charge on any atom is 0.284 e. The van der Waals surface area contributed by atoms with Crippen LogP contribution in [0.2, 0.25) is 0 Å². The van der Waals surface area contributed by atoms with E-state index in [-0.39, 0.29) is 18.1 Å². The SMILES string of the molecule is COc1ccc(Cn2c(=O)c(C(=O)N3CCOCC3)nc3cccnc32)cc1. The predicted octanol–water partition coefficient (Wildman–Crippen LogP) is 1.32. The molecule has 0 radical (unpaired) electrons. The molecule has 1 aliphatic rings. The van der Waals surface area contributed by atoms with Crippen molar-refractivity contribution >= 4 is 17.1 Å². The summed E-state index contributed by atoms with van der Waals surface area (Å²) in [5.41, 5.74) is 1.31. The second-order valence-electron chi connectivity index (χ2n) is 6.45. The first-order chi connectivity index (χ1) is 13.7. The number of carbonyl (C=O) groups is 1. The van der Waals surface area contributed by atoms with Gasteiger partial charge in [-0.3, -0.25) is 14.2 Å². The van der Waals surface area contributed by atoms with Gasteiger partial charge >= 0.3 is 0 Å². The van der Waals surface area contributed by atoms with Gasteiger partial charge in [0.1, 0.15) is 11.3 Å². The Balaban J connectivity index is 1.78. The summed E-state index contributed by atoms with van der Waals surface area (Å²) in [5.74, 6) is 0.361. The second kappa shape index (κ2) is 7.77. The van der Waals surface area contributed by atoms with E-state index in [1.165, 1.54) is 4.57 Å². The summed E-state index contributed by atoms with van der Waals surface area (Å²) in [4.78, 5) is 36.3. The lowest BCUT2D eigenvalue weighted by Gasteiger charge is -2.26. The van der Waals surface area contributed by atoms with Crippen LogP contribution >= 0.6 is 0 Å². The van der Waals surface area contributed by atoms with Gasteiger partial charge in [0.05, 0.1) is 26.9 Å². The molecule has 0 atom stereocenters. The number of aromatic nitrogens is 3. The molecule has 1 aromatic carbocycles. The average molecular weight is 380 g/mol. The standard InChI is InChI=1S/C20H20N4O4/c1-27-15-6-4-14(5-7-15)13-24-18-16(3-2-8-21-18)22-17(20(24)26)19(25)23-9-11-28-12-10-23/h2-8H,9-13H2,1H3. The molecule has 144 valence electrons. The summed E-state index contributed by atoms with van der Waals surface area (Å²) in [7, 11) is 1.60. The van der Waals surface area contributed by atoms with Crippen LogP contribution < -0.4 is 10.3 Å². The van der Waals surface area contributed by atoms with Gasteiger partial charge in [0.25, 0.3) is 11.5 Å². The fourth-order valence-corrected chi connectivity index (χ4v) is 3.19. The van der Waals surface area contributed by atoms with Gasteiger partial charge in [0, 0.05) is 19.3 Å². The molecule has 4 rings (SSSR count). The van der Waals surface area contributed by atoms with E-state index >= 15 is 0 Å². The van der Waals surface area contributed by atoms with Crippen molar-refractivity contribution in [3.05, 3.63) is 64.2 Å². The molecule has 8 nitrogen and oxygen atoms in total. The molecule has 3 heterocycles. The molecule has 8 heteroatoms. The van der Waals surface area contributed by atoms with Gasteiger partial charge in [0.2, 0.25) is 0 Å². The fourth-order valence-electron chi connectivity index (χ4n) is 3.19. The number of amides is 1. The van der Waals surface area contributed by atoms with Crippen molar-refractivity contribution in [1.82, 2.24) is 19.4 Å². The van der Waals surface area contributed by atoms with E-state index in [4.69, 9.17) is 9.47 Å². The maximum absolute atomic E-state index is 13.2. The lowest BCUT2D eigenvalue weighted by Crippen LogP contribution is -2.44. The zero-order valence-electron chi connectivity index (χ0n) is 15.5. The van der Waals surface area contributed by atoms with Gasteiger partial charge in [-0.25, -0.2) is 9.97 Å². The predicted molar refractivity (Wildman–Crippen MR) is 103 cm³/mol. The first kappa shape index (κ1) is 18.1. The molecule has 0 unspecified atom stereocenters. The molecular formula is C20H20N4O4. The molecule has 1 saturated heterocycles. The number of carbonyl (C=O) groups excluding carboxylic acids is 1. The van der Waals surface area contributed by atoms with E-state index in [1.807, 2.05) is 24.3 Å². The third-order valence-electron chi connectivity index (χ3n) is 4.70. The minimum Gasteiger partial charge on any atom is -0.497 e. The summed E-state index contributed by atoms with van der Waals surface area (Å²) in [6, 6.07) is 10.9. The third kappa shape index (κ3) is 3.46. The highest BCUT2D eigenvalue weighted by Crippen LogP contribution is 2.15. The number of pyridine rings is 1. The lowest BCUT2D eigenvalue weighted by molar-refractivity contribution is 0.0297. The number of hydrogen-bond donors (Lipinski definition) is 0. The monoisotopic (exact) mass is 380 g/mol. The fraction of sp³-hybridized carbons (Fsp3) is 0.300. The van der Waals surface area contributed by atoms with Crippen molar-refractivity contribution < 1.29 is 14.3 Å². The smallest absolute Gasteiger partial charge is 0.284 e. The Labute approximate surface area is 161 Å². The molecule has 28 heavy (non-hydrogen) atoms. The summed E-state index contributed by atoms with van der Waals surface area (Å²) in [6.07, 6.45) is 1.61. The number of methoxy groups -OCH3 is 1. The van der Waals surface area contributed by atoms with Gasteiger partial charge in [-0.2, -0.15) is 0 Å². The van der Waals surface area contributed by atoms with E-state index in [0.717, 1.165) is 11.3 Å². The Hall–Kier alpha value is -3.26. The first-order valence-electron chi connectivity index (χ1n) is 9.03. The van der Waals surface area contributed by atoms with Crippen LogP contribution in [0.1, 0.15) is 16.1 Å². The quantitative estimate of drug-likeness (QED) is 0.679. The minimum atomic E-state index is -0.446. The Kier molecular flexibility index (Phi) is 5.03. The number of fused-ring (bicyclic) bond motifs is 1. The van der Waals surface area contributed by atoms with E-state index < -0.39 is 5.56 Å². The first-order valence-corrected chi connectivity index (χ1v) is 9.03. The zero-order valence-corrected chi connectivity index (χ0v) is 15.5. The van der Waals surface area contributed by atoms with E-state index in [2.05, 4.69) is 9.97 Å². The maximum atomic E-state index is 13.2. The van der Waals surface area contributed by atoms with Crippen LogP contribution in [-0.2, 0) is 11.3 Å². The summed E-state index contributed by atoms with van der Waals surface area (Å²) in [5, 5.41) is 0. The van der Waals surface area contributed by atoms with E-state index in [0.29, 0.717) is 37.5 Å². The van der Waals surface area contributed by atoms with Gasteiger partial charge in [0.15, 0.2) is 11.3 Å². The molecule has 0 N–H and O–H groups in total. The number of ether oxygens (including phenoxy) is 2. The molecule has 1 fully saturated rings. The van der Waals surface area contributed by atoms with Crippen LogP contribution in [0.4, 0.5) is 0 Å². The van der Waals surface area contributed by atoms with E-state index in [1.54, 1.807) is 30.3 Å². The van der Waals surface area contributed by atoms with Crippen LogP contribution in [0.15, 0.2) is 47.4 Å². The lowest BCUT2D eigenvalue weighted by atomic mass is 10.2. The van der Waals surface area contributed by atoms with Crippen molar-refractivity contribution in [2.24, 2.45) is 0 Å². The number of benzene rings is 1. The third-order valence-corrected chi connectivity index (χ3v) is 4.70. The molecule has 2 aromatic heterocycles. The molecule has 0 saturated carbocycles. The average Bonchev–Trinajstić information content (AvgIpc) is 2.76. The van der Waals surface area contributed by atoms with Gasteiger partial charge in [-0.1, -0.05) is 12.1 Å². The van der Waals surface area contributed by atoms with Crippen LogP contribution in [0, 0.1) is 0 Å². The highest BCUT2D eigenvalue weighted by Gasteiger charge is 2.24. The van der Waals surface area contributed by atoms with Gasteiger partial charge in [-0.05, 0) is 29.8 Å². The zero-order chi connectivity index (χ0) is 19.5. The Morgan fingerprint density at radius 1 is 1.18 bits per heavy atom. The Bertz CT molecular complexity index is 1060. The van der Waals surface area contributed by atoms with Crippen molar-refractivity contribution in [3.8, 4) is 5.75 Å². The van der Waals surface area contributed by atoms with Crippen molar-refractivity contribution in [1.29, 1.82) is 0 Å². The van der Waals surface area contributed by atoms with Crippen molar-refractivity contribution in [2.75, 3.05) is 33.4 Å².